The minimum absolute atomic E-state index is 0.118. The number of rotatable bonds is 4. The molecule has 0 saturated heterocycles. The molecular formula is C18H18N6OS. The summed E-state index contributed by atoms with van der Waals surface area (Å²) in [5, 5.41) is 0.818. The summed E-state index contributed by atoms with van der Waals surface area (Å²) in [5.74, 6) is 0.761. The Labute approximate surface area is 154 Å². The maximum atomic E-state index is 13.0. The molecule has 132 valence electrons. The Bertz CT molecular complexity index is 1150. The maximum Gasteiger partial charge on any atom is 0.276 e. The quantitative estimate of drug-likeness (QED) is 0.553. The van der Waals surface area contributed by atoms with Crippen molar-refractivity contribution in [1.82, 2.24) is 24.5 Å². The van der Waals surface area contributed by atoms with E-state index in [1.54, 1.807) is 12.5 Å². The van der Waals surface area contributed by atoms with Gasteiger partial charge in [-0.1, -0.05) is 13.3 Å². The van der Waals surface area contributed by atoms with Crippen LogP contribution in [0.25, 0.3) is 26.1 Å². The van der Waals surface area contributed by atoms with Crippen LogP contribution >= 0.6 is 11.3 Å². The largest absolute Gasteiger partial charge is 0.362 e. The minimum Gasteiger partial charge on any atom is -0.362 e. The second kappa shape index (κ2) is 6.45. The van der Waals surface area contributed by atoms with E-state index in [2.05, 4.69) is 26.9 Å². The lowest BCUT2D eigenvalue weighted by molar-refractivity contribution is 0.873. The van der Waals surface area contributed by atoms with E-state index in [0.29, 0.717) is 15.9 Å². The van der Waals surface area contributed by atoms with E-state index in [1.165, 1.54) is 22.2 Å². The van der Waals surface area contributed by atoms with E-state index in [-0.39, 0.29) is 5.56 Å². The van der Waals surface area contributed by atoms with Gasteiger partial charge >= 0.3 is 0 Å². The summed E-state index contributed by atoms with van der Waals surface area (Å²) in [7, 11) is 3.83. The zero-order valence-corrected chi connectivity index (χ0v) is 15.6. The van der Waals surface area contributed by atoms with E-state index in [0.717, 1.165) is 34.6 Å². The molecule has 0 spiro atoms. The van der Waals surface area contributed by atoms with Crippen LogP contribution in [0.3, 0.4) is 0 Å². The fourth-order valence-electron chi connectivity index (χ4n) is 2.94. The average molecular weight is 366 g/mol. The molecule has 0 aliphatic carbocycles. The Balaban J connectivity index is 1.91. The summed E-state index contributed by atoms with van der Waals surface area (Å²) in [4.78, 5) is 33.3. The summed E-state index contributed by atoms with van der Waals surface area (Å²) < 4.78 is 2.10. The molecule has 0 N–H and O–H groups in total. The highest BCUT2D eigenvalue weighted by Gasteiger charge is 2.17. The minimum atomic E-state index is -0.118. The number of thiophene rings is 1. The molecule has 26 heavy (non-hydrogen) atoms. The third-order valence-corrected chi connectivity index (χ3v) is 5.25. The standard InChI is InChI=1S/C18H18N6OS/c1-4-5-11-6-7-12(8-19-11)24-10-22-14-13-16(23(2)3)20-9-21-17(13)26-15(14)18(24)25/h6-10H,4-5H2,1-3H3. The summed E-state index contributed by atoms with van der Waals surface area (Å²) >= 11 is 1.35. The molecule has 4 aromatic heterocycles. The van der Waals surface area contributed by atoms with Gasteiger partial charge in [0.2, 0.25) is 0 Å². The van der Waals surface area contributed by atoms with Gasteiger partial charge in [0, 0.05) is 19.8 Å². The highest BCUT2D eigenvalue weighted by Crippen LogP contribution is 2.33. The molecule has 4 aromatic rings. The Morgan fingerprint density at radius 2 is 2.00 bits per heavy atom. The number of hydrogen-bond acceptors (Lipinski definition) is 7. The first-order valence-electron chi connectivity index (χ1n) is 8.37. The number of pyridine rings is 1. The van der Waals surface area contributed by atoms with Crippen LogP contribution in [0.15, 0.2) is 35.8 Å². The van der Waals surface area contributed by atoms with Crippen molar-refractivity contribution in [2.45, 2.75) is 19.8 Å². The predicted molar refractivity (Wildman–Crippen MR) is 104 cm³/mol. The van der Waals surface area contributed by atoms with Crippen LogP contribution in [-0.4, -0.2) is 38.6 Å². The lowest BCUT2D eigenvalue weighted by Crippen LogP contribution is -2.18. The molecule has 0 radical (unpaired) electrons. The number of nitrogens with zero attached hydrogens (tertiary/aromatic N) is 6. The first-order valence-corrected chi connectivity index (χ1v) is 9.19. The summed E-state index contributed by atoms with van der Waals surface area (Å²) in [6.45, 7) is 2.12. The molecule has 0 atom stereocenters. The van der Waals surface area contributed by atoms with Gasteiger partial charge in [-0.05, 0) is 18.6 Å². The molecule has 0 aliphatic heterocycles. The third kappa shape index (κ3) is 2.62. The number of aromatic nitrogens is 5. The molecule has 0 aromatic carbocycles. The van der Waals surface area contributed by atoms with Gasteiger partial charge < -0.3 is 4.90 Å². The molecular weight excluding hydrogens is 348 g/mol. The van der Waals surface area contributed by atoms with Crippen molar-refractivity contribution >= 4 is 37.6 Å². The van der Waals surface area contributed by atoms with Crippen LogP contribution in [0.4, 0.5) is 5.82 Å². The Hall–Kier alpha value is -2.87. The number of hydrogen-bond donors (Lipinski definition) is 0. The molecule has 7 nitrogen and oxygen atoms in total. The van der Waals surface area contributed by atoms with Crippen molar-refractivity contribution in [3.8, 4) is 5.69 Å². The van der Waals surface area contributed by atoms with Crippen LogP contribution in [0, 0.1) is 0 Å². The van der Waals surface area contributed by atoms with Gasteiger partial charge in [0.25, 0.3) is 5.56 Å². The van der Waals surface area contributed by atoms with Crippen molar-refractivity contribution in [3.63, 3.8) is 0 Å². The summed E-state index contributed by atoms with van der Waals surface area (Å²) in [5.41, 5.74) is 2.26. The first-order chi connectivity index (χ1) is 12.6. The summed E-state index contributed by atoms with van der Waals surface area (Å²) in [6, 6.07) is 3.86. The Morgan fingerprint density at radius 1 is 1.15 bits per heavy atom. The van der Waals surface area contributed by atoms with Crippen molar-refractivity contribution < 1.29 is 0 Å². The average Bonchev–Trinajstić information content (AvgIpc) is 3.03. The molecule has 0 fully saturated rings. The van der Waals surface area contributed by atoms with E-state index >= 15 is 0 Å². The third-order valence-electron chi connectivity index (χ3n) is 4.18. The Morgan fingerprint density at radius 3 is 2.69 bits per heavy atom. The molecule has 0 saturated carbocycles. The smallest absolute Gasteiger partial charge is 0.276 e. The van der Waals surface area contributed by atoms with Crippen LogP contribution < -0.4 is 10.5 Å². The van der Waals surface area contributed by atoms with Gasteiger partial charge in [-0.2, -0.15) is 0 Å². The molecule has 4 heterocycles. The van der Waals surface area contributed by atoms with Crippen molar-refractivity contribution in [2.24, 2.45) is 0 Å². The van der Waals surface area contributed by atoms with Crippen LogP contribution in [0.1, 0.15) is 19.0 Å². The Kier molecular flexibility index (Phi) is 4.12. The van der Waals surface area contributed by atoms with E-state index in [4.69, 9.17) is 0 Å². The molecule has 0 bridgehead atoms. The summed E-state index contributed by atoms with van der Waals surface area (Å²) in [6.07, 6.45) is 6.76. The predicted octanol–water partition coefficient (Wildman–Crippen LogP) is 2.80. The number of anilines is 1. The SMILES string of the molecule is CCCc1ccc(-n2cnc3c(sc4ncnc(N(C)C)c43)c2=O)cn1. The van der Waals surface area contributed by atoms with E-state index in [9.17, 15) is 4.79 Å². The van der Waals surface area contributed by atoms with Gasteiger partial charge in [0.15, 0.2) is 0 Å². The normalized spacial score (nSPS) is 11.3. The first kappa shape index (κ1) is 16.6. The second-order valence-electron chi connectivity index (χ2n) is 6.23. The van der Waals surface area contributed by atoms with Crippen molar-refractivity contribution in [2.75, 3.05) is 19.0 Å². The van der Waals surface area contributed by atoms with Gasteiger partial charge in [-0.3, -0.25) is 14.3 Å². The fourth-order valence-corrected chi connectivity index (χ4v) is 3.96. The molecule has 0 amide bonds. The zero-order chi connectivity index (χ0) is 18.3. The van der Waals surface area contributed by atoms with Crippen molar-refractivity contribution in [1.29, 1.82) is 0 Å². The van der Waals surface area contributed by atoms with Crippen LogP contribution in [-0.2, 0) is 6.42 Å². The molecule has 4 rings (SSSR count). The molecule has 0 unspecified atom stereocenters. The maximum absolute atomic E-state index is 13.0. The van der Waals surface area contributed by atoms with Crippen molar-refractivity contribution in [3.05, 3.63) is 47.0 Å². The van der Waals surface area contributed by atoms with Crippen LogP contribution in [0.2, 0.25) is 0 Å². The van der Waals surface area contributed by atoms with E-state index < -0.39 is 0 Å². The number of aryl methyl sites for hydroxylation is 1. The monoisotopic (exact) mass is 366 g/mol. The zero-order valence-electron chi connectivity index (χ0n) is 14.8. The lowest BCUT2D eigenvalue weighted by atomic mass is 10.2. The van der Waals surface area contributed by atoms with Crippen LogP contribution in [0.5, 0.6) is 0 Å². The van der Waals surface area contributed by atoms with Gasteiger partial charge in [0.1, 0.15) is 33.5 Å². The van der Waals surface area contributed by atoms with E-state index in [1.807, 2.05) is 31.1 Å². The molecule has 8 heteroatoms. The highest BCUT2D eigenvalue weighted by atomic mass is 32.1. The van der Waals surface area contributed by atoms with Gasteiger partial charge in [0.05, 0.1) is 17.3 Å². The topological polar surface area (TPSA) is 76.8 Å². The lowest BCUT2D eigenvalue weighted by Gasteiger charge is -2.11. The number of fused-ring (bicyclic) bond motifs is 3. The van der Waals surface area contributed by atoms with Gasteiger partial charge in [-0.15, -0.1) is 11.3 Å². The fraction of sp³-hybridized carbons (Fsp3) is 0.278. The van der Waals surface area contributed by atoms with Gasteiger partial charge in [-0.25, -0.2) is 15.0 Å². The second-order valence-corrected chi connectivity index (χ2v) is 7.23. The molecule has 0 aliphatic rings. The highest BCUT2D eigenvalue weighted by molar-refractivity contribution is 7.25.